The number of rotatable bonds is 9. The third-order valence-corrected chi connectivity index (χ3v) is 5.64. The smallest absolute Gasteiger partial charge is 0.241 e. The van der Waals surface area contributed by atoms with Crippen molar-refractivity contribution in [3.05, 3.63) is 54.3 Å². The van der Waals surface area contributed by atoms with Gasteiger partial charge in [0.2, 0.25) is 21.8 Å². The molecule has 2 N–H and O–H groups in total. The molecule has 0 aliphatic rings. The van der Waals surface area contributed by atoms with Crippen molar-refractivity contribution in [1.29, 1.82) is 0 Å². The molecule has 0 fully saturated rings. The van der Waals surface area contributed by atoms with Crippen LogP contribution in [0.15, 0.2) is 53.4 Å². The summed E-state index contributed by atoms with van der Waals surface area (Å²) in [6.07, 6.45) is 0. The van der Waals surface area contributed by atoms with Gasteiger partial charge in [0.05, 0.1) is 17.5 Å². The summed E-state index contributed by atoms with van der Waals surface area (Å²) in [5.74, 6) is -1.16. The van der Waals surface area contributed by atoms with Gasteiger partial charge < -0.3 is 15.0 Å². The maximum absolute atomic E-state index is 13.5. The number of anilines is 1. The van der Waals surface area contributed by atoms with E-state index >= 15 is 0 Å². The van der Waals surface area contributed by atoms with Crippen LogP contribution in [-0.2, 0) is 19.6 Å². The number of nitrogens with one attached hydrogen (secondary N) is 2. The van der Waals surface area contributed by atoms with Crippen molar-refractivity contribution in [2.45, 2.75) is 24.8 Å². The summed E-state index contributed by atoms with van der Waals surface area (Å²) in [5, 5.41) is 2.54. The summed E-state index contributed by atoms with van der Waals surface area (Å²) >= 11 is 0. The molecule has 0 radical (unpaired) electrons. The van der Waals surface area contributed by atoms with Gasteiger partial charge in [0.1, 0.15) is 6.61 Å². The molecule has 8 nitrogen and oxygen atoms in total. The van der Waals surface area contributed by atoms with Crippen LogP contribution in [-0.4, -0.2) is 51.4 Å². The van der Waals surface area contributed by atoms with E-state index in [4.69, 9.17) is 4.74 Å². The minimum atomic E-state index is -3.94. The molecule has 0 heterocycles. The van der Waals surface area contributed by atoms with Crippen molar-refractivity contribution in [3.63, 3.8) is 0 Å². The Balaban J connectivity index is 1.91. The second-order valence-corrected chi connectivity index (χ2v) is 8.30. The number of likely N-dealkylation sites (N-methyl/N-ethyl adjacent to an activating group) is 1. The Morgan fingerprint density at radius 1 is 1.13 bits per heavy atom. The molecule has 162 valence electrons. The molecule has 0 aliphatic carbocycles. The lowest BCUT2D eigenvalue weighted by molar-refractivity contribution is -0.131. The van der Waals surface area contributed by atoms with Crippen molar-refractivity contribution < 1.29 is 27.1 Å². The Labute approximate surface area is 175 Å². The third kappa shape index (κ3) is 6.53. The first-order valence-electron chi connectivity index (χ1n) is 9.12. The Bertz CT molecular complexity index is 996. The molecule has 2 amide bonds. The van der Waals surface area contributed by atoms with Gasteiger partial charge >= 0.3 is 0 Å². The molecular weight excluding hydrogens is 413 g/mol. The number of sulfonamides is 1. The van der Waals surface area contributed by atoms with Gasteiger partial charge in [0.15, 0.2) is 11.6 Å². The van der Waals surface area contributed by atoms with Crippen LogP contribution in [0.25, 0.3) is 0 Å². The van der Waals surface area contributed by atoms with E-state index in [9.17, 15) is 22.4 Å². The van der Waals surface area contributed by atoms with Crippen LogP contribution in [0.3, 0.4) is 0 Å². The topological polar surface area (TPSA) is 105 Å². The van der Waals surface area contributed by atoms with Gasteiger partial charge in [0.25, 0.3) is 0 Å². The largest absolute Gasteiger partial charge is 0.489 e. The molecular formula is C20H24FN3O5S. The highest BCUT2D eigenvalue weighted by Crippen LogP contribution is 2.16. The Kier molecular flexibility index (Phi) is 7.90. The van der Waals surface area contributed by atoms with E-state index in [0.717, 1.165) is 0 Å². The number of ether oxygens (including phenoxy) is 1. The normalized spacial score (nSPS) is 12.1. The van der Waals surface area contributed by atoms with Crippen molar-refractivity contribution in [3.8, 4) is 5.75 Å². The van der Waals surface area contributed by atoms with Gasteiger partial charge in [-0.05, 0) is 43.3 Å². The van der Waals surface area contributed by atoms with Gasteiger partial charge in [-0.3, -0.25) is 9.59 Å². The predicted octanol–water partition coefficient (Wildman–Crippen LogP) is 1.99. The third-order valence-electron chi connectivity index (χ3n) is 4.08. The lowest BCUT2D eigenvalue weighted by Gasteiger charge is -2.22. The lowest BCUT2D eigenvalue weighted by atomic mass is 10.3. The van der Waals surface area contributed by atoms with E-state index in [1.807, 2.05) is 0 Å². The van der Waals surface area contributed by atoms with Gasteiger partial charge in [-0.2, -0.15) is 4.72 Å². The number of carbonyl (C=O) groups is 2. The number of carbonyl (C=O) groups excluding carboxylic acids is 2. The average Bonchev–Trinajstić information content (AvgIpc) is 2.68. The van der Waals surface area contributed by atoms with Crippen LogP contribution < -0.4 is 14.8 Å². The molecule has 0 bridgehead atoms. The number of hydrogen-bond acceptors (Lipinski definition) is 5. The minimum Gasteiger partial charge on any atom is -0.489 e. The molecule has 2 aromatic rings. The summed E-state index contributed by atoms with van der Waals surface area (Å²) in [5.41, 5.74) is 0.458. The van der Waals surface area contributed by atoms with Gasteiger partial charge in [-0.15, -0.1) is 0 Å². The van der Waals surface area contributed by atoms with Crippen molar-refractivity contribution in [2.75, 3.05) is 25.5 Å². The quantitative estimate of drug-likeness (QED) is 0.624. The van der Waals surface area contributed by atoms with E-state index in [1.54, 1.807) is 12.1 Å². The maximum Gasteiger partial charge on any atom is 0.241 e. The zero-order chi connectivity index (χ0) is 22.3. The van der Waals surface area contributed by atoms with Gasteiger partial charge in [-0.25, -0.2) is 12.8 Å². The van der Waals surface area contributed by atoms with Crippen molar-refractivity contribution in [1.82, 2.24) is 9.62 Å². The van der Waals surface area contributed by atoms with Gasteiger partial charge in [0, 0.05) is 19.7 Å². The molecule has 30 heavy (non-hydrogen) atoms. The second-order valence-electron chi connectivity index (χ2n) is 6.59. The van der Waals surface area contributed by atoms with E-state index in [-0.39, 0.29) is 29.7 Å². The summed E-state index contributed by atoms with van der Waals surface area (Å²) in [4.78, 5) is 24.8. The van der Waals surface area contributed by atoms with Crippen molar-refractivity contribution in [2.24, 2.45) is 0 Å². The van der Waals surface area contributed by atoms with Crippen LogP contribution in [0.5, 0.6) is 5.75 Å². The minimum absolute atomic E-state index is 0.0400. The Hall–Kier alpha value is -2.98. The zero-order valence-corrected chi connectivity index (χ0v) is 17.7. The number of nitrogens with zero attached hydrogens (tertiary/aromatic N) is 1. The Morgan fingerprint density at radius 2 is 1.77 bits per heavy atom. The zero-order valence-electron chi connectivity index (χ0n) is 16.9. The standard InChI is InChI=1S/C20H24FN3O5S/c1-14(20(26)24(3)12-13-29-19-7-5-4-6-18(19)21)23-30(27,28)17-10-8-16(9-11-17)22-15(2)25/h4-11,14,23H,12-13H2,1-3H3,(H,22,25). The highest BCUT2D eigenvalue weighted by Gasteiger charge is 2.24. The summed E-state index contributed by atoms with van der Waals surface area (Å²) in [7, 11) is -2.44. The van der Waals surface area contributed by atoms with Crippen LogP contribution >= 0.6 is 0 Å². The highest BCUT2D eigenvalue weighted by molar-refractivity contribution is 7.89. The highest BCUT2D eigenvalue weighted by atomic mass is 32.2. The SMILES string of the molecule is CC(=O)Nc1ccc(S(=O)(=O)NC(C)C(=O)N(C)CCOc2ccccc2F)cc1. The van der Waals surface area contributed by atoms with Crippen LogP contribution in [0.4, 0.5) is 10.1 Å². The molecule has 10 heteroatoms. The maximum atomic E-state index is 13.5. The lowest BCUT2D eigenvalue weighted by Crippen LogP contribution is -2.46. The summed E-state index contributed by atoms with van der Waals surface area (Å²) in [6, 6.07) is 10.5. The first kappa shape index (κ1) is 23.3. The fourth-order valence-electron chi connectivity index (χ4n) is 2.57. The summed E-state index contributed by atoms with van der Waals surface area (Å²) < 4.78 is 46.2. The van der Waals surface area contributed by atoms with Crippen LogP contribution in [0.1, 0.15) is 13.8 Å². The fraction of sp³-hybridized carbons (Fsp3) is 0.300. The predicted molar refractivity (Wildman–Crippen MR) is 110 cm³/mol. The number of hydrogen-bond donors (Lipinski definition) is 2. The van der Waals surface area contributed by atoms with E-state index in [0.29, 0.717) is 5.69 Å². The van der Waals surface area contributed by atoms with E-state index < -0.39 is 27.8 Å². The molecule has 1 atom stereocenters. The van der Waals surface area contributed by atoms with Gasteiger partial charge in [-0.1, -0.05) is 12.1 Å². The molecule has 2 rings (SSSR count). The number of benzene rings is 2. The number of halogens is 1. The molecule has 0 saturated carbocycles. The summed E-state index contributed by atoms with van der Waals surface area (Å²) in [6.45, 7) is 2.97. The molecule has 1 unspecified atom stereocenters. The second kappa shape index (κ2) is 10.2. The van der Waals surface area contributed by atoms with E-state index in [2.05, 4.69) is 10.0 Å². The first-order chi connectivity index (χ1) is 14.1. The van der Waals surface area contributed by atoms with Crippen LogP contribution in [0, 0.1) is 5.82 Å². The molecule has 0 aliphatic heterocycles. The molecule has 0 aromatic heterocycles. The number of para-hydroxylation sites is 1. The molecule has 2 aromatic carbocycles. The average molecular weight is 437 g/mol. The van der Waals surface area contributed by atoms with E-state index in [1.165, 1.54) is 62.2 Å². The monoisotopic (exact) mass is 437 g/mol. The van der Waals surface area contributed by atoms with Crippen LogP contribution in [0.2, 0.25) is 0 Å². The van der Waals surface area contributed by atoms with Crippen molar-refractivity contribution >= 4 is 27.5 Å². The molecule has 0 spiro atoms. The molecule has 0 saturated heterocycles. The fourth-order valence-corrected chi connectivity index (χ4v) is 3.76. The Morgan fingerprint density at radius 3 is 2.37 bits per heavy atom. The number of amides is 2. The first-order valence-corrected chi connectivity index (χ1v) is 10.6.